The molecule has 106 valence electrons. The minimum absolute atomic E-state index is 0.308. The van der Waals surface area contributed by atoms with Gasteiger partial charge in [0.2, 0.25) is 0 Å². The second kappa shape index (κ2) is 4.82. The Labute approximate surface area is 120 Å². The zero-order valence-corrected chi connectivity index (χ0v) is 11.4. The molecular weight excluding hydrogens is 268 g/mol. The number of aromatic nitrogens is 2. The van der Waals surface area contributed by atoms with E-state index in [1.165, 1.54) is 4.68 Å². The van der Waals surface area contributed by atoms with Gasteiger partial charge in [-0.05, 0) is 30.3 Å². The first-order chi connectivity index (χ1) is 10.1. The fraction of sp³-hybridized carbons (Fsp3) is 0.0667. The Kier molecular flexibility index (Phi) is 2.98. The Morgan fingerprint density at radius 2 is 2.00 bits per heavy atom. The molecule has 0 spiro atoms. The lowest BCUT2D eigenvalue weighted by Gasteiger charge is -2.08. The minimum atomic E-state index is -0.340. The summed E-state index contributed by atoms with van der Waals surface area (Å²) in [5.74, 6) is -0.308. The topological polar surface area (TPSA) is 92.9 Å². The van der Waals surface area contributed by atoms with E-state index in [1.807, 2.05) is 6.07 Å². The molecule has 0 radical (unpaired) electrons. The largest absolute Gasteiger partial charge is 0.399 e. The number of fused-ring (bicyclic) bond motifs is 1. The lowest BCUT2D eigenvalue weighted by molar-refractivity contribution is 0.0950. The number of anilines is 2. The maximum absolute atomic E-state index is 12.7. The number of hydrogen-bond donors (Lipinski definition) is 3. The lowest BCUT2D eigenvalue weighted by atomic mass is 10.1. The molecule has 3 rings (SSSR count). The van der Waals surface area contributed by atoms with Gasteiger partial charge in [0.15, 0.2) is 0 Å². The smallest absolute Gasteiger partial charge is 0.279 e. The molecule has 21 heavy (non-hydrogen) atoms. The van der Waals surface area contributed by atoms with E-state index < -0.39 is 0 Å². The maximum atomic E-state index is 12.7. The first kappa shape index (κ1) is 13.0. The third-order valence-corrected chi connectivity index (χ3v) is 3.35. The van der Waals surface area contributed by atoms with E-state index in [9.17, 15) is 9.59 Å². The Morgan fingerprint density at radius 1 is 1.24 bits per heavy atom. The van der Waals surface area contributed by atoms with Crippen LogP contribution in [-0.4, -0.2) is 22.7 Å². The number of benzene rings is 2. The number of nitrogens with zero attached hydrogens (tertiary/aromatic N) is 1. The van der Waals surface area contributed by atoms with E-state index in [-0.39, 0.29) is 11.5 Å². The molecule has 6 nitrogen and oxygen atoms in total. The molecule has 0 aliphatic rings. The van der Waals surface area contributed by atoms with Crippen molar-refractivity contribution in [2.75, 3.05) is 18.1 Å². The third-order valence-electron chi connectivity index (χ3n) is 3.35. The molecule has 6 heteroatoms. The zero-order valence-electron chi connectivity index (χ0n) is 11.4. The molecule has 0 amide bonds. The van der Waals surface area contributed by atoms with Crippen molar-refractivity contribution in [1.82, 2.24) is 9.78 Å². The van der Waals surface area contributed by atoms with Gasteiger partial charge in [-0.1, -0.05) is 12.1 Å². The first-order valence-electron chi connectivity index (χ1n) is 6.43. The van der Waals surface area contributed by atoms with E-state index in [0.29, 0.717) is 27.8 Å². The predicted molar refractivity (Wildman–Crippen MR) is 82.7 cm³/mol. The number of carbonyl (C=O) groups is 1. The molecule has 0 unspecified atom stereocenters. The highest BCUT2D eigenvalue weighted by molar-refractivity contribution is 6.04. The van der Waals surface area contributed by atoms with Crippen molar-refractivity contribution in [2.45, 2.75) is 0 Å². The molecule has 2 aromatic carbocycles. The molecule has 0 bridgehead atoms. The molecular formula is C15H14N4O2. The van der Waals surface area contributed by atoms with Crippen LogP contribution in [0.3, 0.4) is 0 Å². The van der Waals surface area contributed by atoms with Crippen LogP contribution in [-0.2, 0) is 0 Å². The Bertz CT molecular complexity index is 892. The van der Waals surface area contributed by atoms with Crippen molar-refractivity contribution < 1.29 is 4.79 Å². The number of carbonyl (C=O) groups excluding carboxylic acids is 1. The summed E-state index contributed by atoms with van der Waals surface area (Å²) in [6, 6.07) is 12.0. The number of rotatable bonds is 2. The highest BCUT2D eigenvalue weighted by Gasteiger charge is 2.17. The molecule has 4 N–H and O–H groups in total. The highest BCUT2D eigenvalue weighted by Crippen LogP contribution is 2.19. The number of H-pyrrole nitrogens is 1. The Hall–Kier alpha value is -3.02. The summed E-state index contributed by atoms with van der Waals surface area (Å²) >= 11 is 0. The van der Waals surface area contributed by atoms with E-state index in [0.717, 1.165) is 0 Å². The first-order valence-corrected chi connectivity index (χ1v) is 6.43. The quantitative estimate of drug-likeness (QED) is 0.623. The summed E-state index contributed by atoms with van der Waals surface area (Å²) in [7, 11) is 1.74. The summed E-state index contributed by atoms with van der Waals surface area (Å²) in [5.41, 5.74) is 7.49. The summed E-state index contributed by atoms with van der Waals surface area (Å²) in [5, 5.41) is 5.92. The van der Waals surface area contributed by atoms with E-state index in [1.54, 1.807) is 43.4 Å². The molecule has 0 aliphatic heterocycles. The molecule has 0 fully saturated rings. The van der Waals surface area contributed by atoms with Gasteiger partial charge in [0.1, 0.15) is 0 Å². The fourth-order valence-corrected chi connectivity index (χ4v) is 2.32. The number of nitrogens with one attached hydrogen (secondary N) is 2. The molecule has 0 aliphatic carbocycles. The summed E-state index contributed by atoms with van der Waals surface area (Å²) < 4.78 is 1.24. The van der Waals surface area contributed by atoms with Crippen molar-refractivity contribution in [2.24, 2.45) is 0 Å². The van der Waals surface area contributed by atoms with Gasteiger partial charge in [-0.15, -0.1) is 0 Å². The number of nitrogens with two attached hydrogens (primary N) is 1. The van der Waals surface area contributed by atoms with Gasteiger partial charge in [0.25, 0.3) is 11.5 Å². The van der Waals surface area contributed by atoms with Crippen LogP contribution >= 0.6 is 0 Å². The third kappa shape index (κ3) is 2.06. The summed E-state index contributed by atoms with van der Waals surface area (Å²) in [4.78, 5) is 24.6. The molecule has 1 heterocycles. The number of nitrogen functional groups attached to an aromatic ring is 1. The second-order valence-corrected chi connectivity index (χ2v) is 4.65. The zero-order chi connectivity index (χ0) is 15.0. The average Bonchev–Trinajstić information content (AvgIpc) is 2.83. The molecule has 0 saturated carbocycles. The second-order valence-electron chi connectivity index (χ2n) is 4.65. The van der Waals surface area contributed by atoms with Crippen LogP contribution in [0, 0.1) is 0 Å². The van der Waals surface area contributed by atoms with Crippen molar-refractivity contribution in [3.05, 3.63) is 58.4 Å². The predicted octanol–water partition coefficient (Wildman–Crippen LogP) is 1.64. The van der Waals surface area contributed by atoms with Crippen molar-refractivity contribution in [3.63, 3.8) is 0 Å². The maximum Gasteiger partial charge on any atom is 0.279 e. The Morgan fingerprint density at radius 3 is 2.76 bits per heavy atom. The molecule has 1 aromatic heterocycles. The van der Waals surface area contributed by atoms with Crippen LogP contribution in [0.15, 0.2) is 47.3 Å². The molecule has 0 atom stereocenters. The van der Waals surface area contributed by atoms with E-state index in [4.69, 9.17) is 5.73 Å². The average molecular weight is 282 g/mol. The van der Waals surface area contributed by atoms with Gasteiger partial charge in [0, 0.05) is 18.4 Å². The van der Waals surface area contributed by atoms with Crippen LogP contribution < -0.4 is 16.6 Å². The molecule has 0 saturated heterocycles. The molecule has 3 aromatic rings. The van der Waals surface area contributed by atoms with Gasteiger partial charge in [-0.3, -0.25) is 14.7 Å². The van der Waals surface area contributed by atoms with Crippen molar-refractivity contribution >= 4 is 28.2 Å². The summed E-state index contributed by atoms with van der Waals surface area (Å²) in [6.07, 6.45) is 0. The van der Waals surface area contributed by atoms with E-state index in [2.05, 4.69) is 10.4 Å². The lowest BCUT2D eigenvalue weighted by Crippen LogP contribution is -2.17. The van der Waals surface area contributed by atoms with Crippen LogP contribution in [0.5, 0.6) is 0 Å². The van der Waals surface area contributed by atoms with E-state index >= 15 is 0 Å². The number of aromatic amines is 1. The fourth-order valence-electron chi connectivity index (χ4n) is 2.32. The highest BCUT2D eigenvalue weighted by atomic mass is 16.2. The van der Waals surface area contributed by atoms with Crippen LogP contribution in [0.1, 0.15) is 10.4 Å². The van der Waals surface area contributed by atoms with Crippen LogP contribution in [0.4, 0.5) is 11.4 Å². The number of para-hydroxylation sites is 1. The standard InChI is InChI=1S/C15H14N4O2/c1-17-12-5-3-2-4-10(12)15(21)19-13-7-6-9(16)8-11(13)14(20)18-19/h2-8,17H,16H2,1H3,(H,18,20). The van der Waals surface area contributed by atoms with Gasteiger partial charge < -0.3 is 11.1 Å². The summed E-state index contributed by atoms with van der Waals surface area (Å²) in [6.45, 7) is 0. The minimum Gasteiger partial charge on any atom is -0.399 e. The normalized spacial score (nSPS) is 10.7. The van der Waals surface area contributed by atoms with Crippen molar-refractivity contribution in [1.29, 1.82) is 0 Å². The van der Waals surface area contributed by atoms with Gasteiger partial charge >= 0.3 is 0 Å². The van der Waals surface area contributed by atoms with Crippen molar-refractivity contribution in [3.8, 4) is 0 Å². The van der Waals surface area contributed by atoms with Gasteiger partial charge in [-0.2, -0.15) is 0 Å². The van der Waals surface area contributed by atoms with Crippen LogP contribution in [0.2, 0.25) is 0 Å². The Balaban J connectivity index is 2.21. The van der Waals surface area contributed by atoms with Gasteiger partial charge in [-0.25, -0.2) is 4.68 Å². The monoisotopic (exact) mass is 282 g/mol. The van der Waals surface area contributed by atoms with Gasteiger partial charge in [0.05, 0.1) is 16.5 Å². The SMILES string of the molecule is CNc1ccccc1C(=O)n1[nH]c(=O)c2cc(N)ccc21. The van der Waals surface area contributed by atoms with Crippen LogP contribution in [0.25, 0.3) is 10.9 Å². The number of hydrogen-bond acceptors (Lipinski definition) is 4.